The van der Waals surface area contributed by atoms with Crippen molar-refractivity contribution in [2.24, 2.45) is 5.41 Å². The Morgan fingerprint density at radius 2 is 1.82 bits per heavy atom. The number of hydrogen-bond donors (Lipinski definition) is 3. The molecule has 0 radical (unpaired) electrons. The number of allylic oxidation sites excluding steroid dienone is 1. The first kappa shape index (κ1) is 45.1. The van der Waals surface area contributed by atoms with Crippen LogP contribution < -0.4 is 24.6 Å². The number of H-pyrrole nitrogens is 1. The molecule has 2 aromatic heterocycles. The molecule has 3 N–H and O–H groups in total. The smallest absolute Gasteiger partial charge is 0.293 e. The highest BCUT2D eigenvalue weighted by molar-refractivity contribution is 7.90. The van der Waals surface area contributed by atoms with Gasteiger partial charge in [-0.2, -0.15) is 4.98 Å². The minimum atomic E-state index is -4.60. The van der Waals surface area contributed by atoms with Gasteiger partial charge in [0.15, 0.2) is 0 Å². The van der Waals surface area contributed by atoms with Crippen molar-refractivity contribution < 1.29 is 32.3 Å². The molecule has 3 aromatic carbocycles. The largest absolute Gasteiger partial charge is 0.471 e. The van der Waals surface area contributed by atoms with Crippen molar-refractivity contribution >= 4 is 72.6 Å². The molecule has 67 heavy (non-hydrogen) atoms. The fourth-order valence-corrected chi connectivity index (χ4v) is 11.4. The predicted octanol–water partition coefficient (Wildman–Crippen LogP) is 8.31. The molecule has 0 spiro atoms. The van der Waals surface area contributed by atoms with Crippen molar-refractivity contribution in [1.29, 1.82) is 0 Å². The minimum Gasteiger partial charge on any atom is -0.471 e. The monoisotopic (exact) mass is 950 g/mol. The summed E-state index contributed by atoms with van der Waals surface area (Å²) in [5, 5.41) is 16.8. The molecule has 0 unspecified atom stereocenters. The Kier molecular flexibility index (Phi) is 12.4. The third kappa shape index (κ3) is 9.44. The van der Waals surface area contributed by atoms with E-state index in [1.165, 1.54) is 28.8 Å². The standard InChI is InChI=1S/C49H55ClN8O8S/c1-49(2)16-14-33(39(27-49)31-6-8-34(50)9-7-31)29-55-18-20-56(21-19-55)35-10-12-38(42(25-35)57-41-4-3-5-45(41)66-48-44(57)24-32-15-17-51-46(32)53-48)47(59)54-67(62,63)37-11-13-40(43(26-37)58(60)61)52-28-36-30-64-22-23-65-36/h6-13,15,17,24-26,36,41,45,52H,3-5,14,16,18-23,27-30H2,1-2H3,(H,51,53)(H,54,59)/t36-,41+,45+/m0/s1. The number of pyridine rings is 1. The van der Waals surface area contributed by atoms with Crippen molar-refractivity contribution in [2.45, 2.75) is 75.5 Å². The molecule has 5 aliphatic rings. The Hall–Kier alpha value is -5.72. The third-order valence-corrected chi connectivity index (χ3v) is 15.5. The number of nitro groups is 1. The van der Waals surface area contributed by atoms with Gasteiger partial charge in [0.1, 0.15) is 23.1 Å². The van der Waals surface area contributed by atoms with Crippen LogP contribution in [0.15, 0.2) is 89.5 Å². The quantitative estimate of drug-likeness (QED) is 0.0803. The lowest BCUT2D eigenvalue weighted by atomic mass is 9.72. The number of amides is 1. The van der Waals surface area contributed by atoms with Crippen molar-refractivity contribution in [1.82, 2.24) is 19.6 Å². The number of rotatable bonds is 12. The van der Waals surface area contributed by atoms with Gasteiger partial charge in [-0.15, -0.1) is 0 Å². The first-order valence-electron chi connectivity index (χ1n) is 23.1. The number of aromatic amines is 1. The molecule has 3 fully saturated rings. The zero-order chi connectivity index (χ0) is 46.5. The van der Waals surface area contributed by atoms with Gasteiger partial charge in [-0.3, -0.25) is 19.8 Å². The number of fused-ring (bicyclic) bond motifs is 3. The summed E-state index contributed by atoms with van der Waals surface area (Å²) in [5.74, 6) is -0.442. The Morgan fingerprint density at radius 3 is 2.60 bits per heavy atom. The van der Waals surface area contributed by atoms with Crippen molar-refractivity contribution in [3.05, 3.63) is 111 Å². The molecule has 2 saturated heterocycles. The lowest BCUT2D eigenvalue weighted by Crippen LogP contribution is -2.47. The third-order valence-electron chi connectivity index (χ3n) is 13.9. The number of hydrogen-bond acceptors (Lipinski definition) is 13. The SMILES string of the molecule is CC1(C)CCC(CN2CCN(c3ccc(C(=O)NS(=O)(=O)c4ccc(NC[C@H]5COCCO5)c([N+](=O)[O-])c4)c(N4c5cc6cc[nH]c6nc5O[C@@H]5CCC[C@H]54)c3)CC2)=C(c2ccc(Cl)cc2)C1. The first-order valence-corrected chi connectivity index (χ1v) is 25.0. The van der Waals surface area contributed by atoms with Crippen molar-refractivity contribution in [3.8, 4) is 5.88 Å². The van der Waals surface area contributed by atoms with E-state index in [4.69, 9.17) is 30.8 Å². The summed E-state index contributed by atoms with van der Waals surface area (Å²) < 4.78 is 47.9. The number of halogens is 1. The molecular weight excluding hydrogens is 896 g/mol. The van der Waals surface area contributed by atoms with E-state index in [0.717, 1.165) is 93.4 Å². The number of ether oxygens (including phenoxy) is 3. The van der Waals surface area contributed by atoms with Gasteiger partial charge in [-0.25, -0.2) is 13.1 Å². The Bertz CT molecular complexity index is 2840. The number of anilines is 4. The van der Waals surface area contributed by atoms with Gasteiger partial charge in [0.25, 0.3) is 21.6 Å². The normalized spacial score (nSPS) is 22.0. The van der Waals surface area contributed by atoms with Gasteiger partial charge in [0.05, 0.1) is 53.0 Å². The van der Waals surface area contributed by atoms with Gasteiger partial charge < -0.3 is 34.3 Å². The molecule has 5 aromatic rings. The van der Waals surface area contributed by atoms with E-state index in [-0.39, 0.29) is 41.5 Å². The number of carbonyl (C=O) groups is 1. The summed E-state index contributed by atoms with van der Waals surface area (Å²) in [6.07, 6.45) is 6.96. The van der Waals surface area contributed by atoms with Crippen molar-refractivity contribution in [2.75, 3.05) is 74.2 Å². The number of benzene rings is 3. The zero-order valence-electron chi connectivity index (χ0n) is 37.6. The molecule has 1 saturated carbocycles. The number of nitrogens with one attached hydrogen (secondary N) is 3. The molecule has 10 rings (SSSR count). The highest BCUT2D eigenvalue weighted by Crippen LogP contribution is 2.48. The lowest BCUT2D eigenvalue weighted by molar-refractivity contribution is -0.384. The first-order chi connectivity index (χ1) is 32.3. The number of piperazine rings is 1. The van der Waals surface area contributed by atoms with E-state index in [1.807, 2.05) is 42.6 Å². The highest BCUT2D eigenvalue weighted by Gasteiger charge is 2.43. The number of nitrogens with zero attached hydrogens (tertiary/aromatic N) is 5. The van der Waals surface area contributed by atoms with E-state index in [1.54, 1.807) is 6.07 Å². The van der Waals surface area contributed by atoms with E-state index >= 15 is 0 Å². The van der Waals surface area contributed by atoms with E-state index in [9.17, 15) is 23.3 Å². The minimum absolute atomic E-state index is 0.114. The topological polar surface area (TPSA) is 185 Å². The second-order valence-corrected chi connectivity index (χ2v) is 21.1. The Morgan fingerprint density at radius 1 is 1.00 bits per heavy atom. The number of carbonyl (C=O) groups excluding carboxylic acids is 1. The average molecular weight is 952 g/mol. The maximum atomic E-state index is 14.6. The second-order valence-electron chi connectivity index (χ2n) is 19.0. The molecule has 18 heteroatoms. The number of sulfonamides is 1. The van der Waals surface area contributed by atoms with Crippen LogP contribution in [0.3, 0.4) is 0 Å². The van der Waals surface area contributed by atoms with Crippen LogP contribution in [0.2, 0.25) is 5.02 Å². The Balaban J connectivity index is 0.946. The highest BCUT2D eigenvalue weighted by atomic mass is 35.5. The zero-order valence-corrected chi connectivity index (χ0v) is 39.2. The summed E-state index contributed by atoms with van der Waals surface area (Å²) in [5.41, 5.74) is 6.91. The number of aromatic nitrogens is 2. The van der Waals surface area contributed by atoms with Crippen LogP contribution in [0, 0.1) is 15.5 Å². The molecule has 16 nitrogen and oxygen atoms in total. The van der Waals surface area contributed by atoms with Crippen LogP contribution in [0.1, 0.15) is 68.3 Å². The van der Waals surface area contributed by atoms with E-state index in [2.05, 4.69) is 55.7 Å². The van der Waals surface area contributed by atoms with Gasteiger partial charge >= 0.3 is 0 Å². The maximum Gasteiger partial charge on any atom is 0.293 e. The van der Waals surface area contributed by atoms with Gasteiger partial charge in [-0.05, 0) is 110 Å². The lowest BCUT2D eigenvalue weighted by Gasteiger charge is -2.42. The summed E-state index contributed by atoms with van der Waals surface area (Å²) in [4.78, 5) is 40.7. The molecule has 3 aliphatic heterocycles. The van der Waals surface area contributed by atoms with Crippen LogP contribution >= 0.6 is 11.6 Å². The predicted molar refractivity (Wildman–Crippen MR) is 258 cm³/mol. The van der Waals surface area contributed by atoms with Gasteiger partial charge in [-0.1, -0.05) is 43.2 Å². The molecule has 2 aliphatic carbocycles. The van der Waals surface area contributed by atoms with Crippen LogP contribution in [0.5, 0.6) is 5.88 Å². The molecule has 0 bridgehead atoms. The Labute approximate surface area is 394 Å². The fraction of sp³-hybridized carbons (Fsp3) is 0.429. The molecular formula is C49H55ClN8O8S. The summed E-state index contributed by atoms with van der Waals surface area (Å²) >= 11 is 6.28. The molecule has 5 heterocycles. The summed E-state index contributed by atoms with van der Waals surface area (Å²) in [6.45, 7) is 10.2. The summed E-state index contributed by atoms with van der Waals surface area (Å²) in [6, 6.07) is 21.1. The van der Waals surface area contributed by atoms with Crippen molar-refractivity contribution in [3.63, 3.8) is 0 Å². The molecule has 1 amide bonds. The van der Waals surface area contributed by atoms with E-state index in [0.29, 0.717) is 42.7 Å². The number of nitro benzene ring substituents is 1. The van der Waals surface area contributed by atoms with Crippen LogP contribution in [-0.2, 0) is 19.5 Å². The average Bonchev–Trinajstić information content (AvgIpc) is 4.00. The van der Waals surface area contributed by atoms with Crippen LogP contribution in [-0.4, -0.2) is 111 Å². The summed E-state index contributed by atoms with van der Waals surface area (Å²) in [7, 11) is -4.60. The van der Waals surface area contributed by atoms with Gasteiger partial charge in [0, 0.05) is 67.6 Å². The fourth-order valence-electron chi connectivity index (χ4n) is 10.3. The van der Waals surface area contributed by atoms with Crippen LogP contribution in [0.25, 0.3) is 16.6 Å². The molecule has 3 atom stereocenters. The maximum absolute atomic E-state index is 14.6. The van der Waals surface area contributed by atoms with Crippen LogP contribution in [0.4, 0.5) is 28.4 Å². The van der Waals surface area contributed by atoms with E-state index < -0.39 is 31.4 Å². The second kappa shape index (κ2) is 18.4. The molecule has 352 valence electrons. The van der Waals surface area contributed by atoms with Gasteiger partial charge in [0.2, 0.25) is 5.88 Å².